The lowest BCUT2D eigenvalue weighted by Crippen LogP contribution is -2.05. The second-order valence-corrected chi connectivity index (χ2v) is 5.22. The first-order valence-corrected chi connectivity index (χ1v) is 7.01. The van der Waals surface area contributed by atoms with E-state index in [2.05, 4.69) is 29.8 Å². The standard InChI is InChI=1S/C18H17NO2/c1-19-15(12-14-7-3-5-9-17(14)19)11-10-13-6-2-4-8-16(13)18(20)21/h2-9,12H,10-11H2,1H3,(H,20,21). The van der Waals surface area contributed by atoms with Gasteiger partial charge in [-0.1, -0.05) is 36.4 Å². The van der Waals surface area contributed by atoms with E-state index in [0.717, 1.165) is 18.4 Å². The van der Waals surface area contributed by atoms with Crippen molar-refractivity contribution in [2.75, 3.05) is 0 Å². The third-order valence-corrected chi connectivity index (χ3v) is 3.95. The van der Waals surface area contributed by atoms with Crippen molar-refractivity contribution >= 4 is 16.9 Å². The lowest BCUT2D eigenvalue weighted by atomic mass is 10.0. The summed E-state index contributed by atoms with van der Waals surface area (Å²) in [4.78, 5) is 11.2. The molecule has 21 heavy (non-hydrogen) atoms. The van der Waals surface area contributed by atoms with Crippen molar-refractivity contribution in [2.45, 2.75) is 12.8 Å². The largest absolute Gasteiger partial charge is 0.478 e. The molecule has 0 unspecified atom stereocenters. The molecule has 0 saturated carbocycles. The van der Waals surface area contributed by atoms with Crippen molar-refractivity contribution in [3.63, 3.8) is 0 Å². The van der Waals surface area contributed by atoms with Crippen LogP contribution in [0.15, 0.2) is 54.6 Å². The van der Waals surface area contributed by atoms with Gasteiger partial charge in [-0.25, -0.2) is 4.79 Å². The van der Waals surface area contributed by atoms with E-state index < -0.39 is 5.97 Å². The summed E-state index contributed by atoms with van der Waals surface area (Å²) in [7, 11) is 2.06. The van der Waals surface area contributed by atoms with E-state index in [0.29, 0.717) is 5.56 Å². The summed E-state index contributed by atoms with van der Waals surface area (Å²) in [6, 6.07) is 17.7. The van der Waals surface area contributed by atoms with Crippen LogP contribution in [0.3, 0.4) is 0 Å². The van der Waals surface area contributed by atoms with Gasteiger partial charge < -0.3 is 9.67 Å². The second-order valence-electron chi connectivity index (χ2n) is 5.22. The Balaban J connectivity index is 1.87. The highest BCUT2D eigenvalue weighted by molar-refractivity contribution is 5.89. The van der Waals surface area contributed by atoms with Gasteiger partial charge in [0.15, 0.2) is 0 Å². The SMILES string of the molecule is Cn1c(CCc2ccccc2C(=O)O)cc2ccccc21. The molecule has 0 radical (unpaired) electrons. The van der Waals surface area contributed by atoms with Crippen LogP contribution in [0.1, 0.15) is 21.6 Å². The first-order chi connectivity index (χ1) is 10.2. The molecule has 1 heterocycles. The Morgan fingerprint density at radius 2 is 1.76 bits per heavy atom. The van der Waals surface area contributed by atoms with Gasteiger partial charge in [0.2, 0.25) is 0 Å². The van der Waals surface area contributed by atoms with Crippen LogP contribution in [0, 0.1) is 0 Å². The summed E-state index contributed by atoms with van der Waals surface area (Å²) in [5, 5.41) is 10.5. The van der Waals surface area contributed by atoms with Gasteiger partial charge in [-0.2, -0.15) is 0 Å². The van der Waals surface area contributed by atoms with Gasteiger partial charge in [-0.15, -0.1) is 0 Å². The summed E-state index contributed by atoms with van der Waals surface area (Å²) in [6.07, 6.45) is 1.56. The second kappa shape index (κ2) is 5.44. The fraction of sp³-hybridized carbons (Fsp3) is 0.167. The molecule has 0 spiro atoms. The van der Waals surface area contributed by atoms with Crippen LogP contribution in [0.5, 0.6) is 0 Å². The van der Waals surface area contributed by atoms with Crippen molar-refractivity contribution in [2.24, 2.45) is 7.05 Å². The van der Waals surface area contributed by atoms with Gasteiger partial charge in [-0.3, -0.25) is 0 Å². The van der Waals surface area contributed by atoms with Crippen molar-refractivity contribution in [3.8, 4) is 0 Å². The Morgan fingerprint density at radius 3 is 2.52 bits per heavy atom. The van der Waals surface area contributed by atoms with Crippen molar-refractivity contribution in [1.82, 2.24) is 4.57 Å². The van der Waals surface area contributed by atoms with Gasteiger partial charge in [0.1, 0.15) is 0 Å². The smallest absolute Gasteiger partial charge is 0.335 e. The predicted molar refractivity (Wildman–Crippen MR) is 83.7 cm³/mol. The number of carbonyl (C=O) groups is 1. The number of carboxylic acids is 1. The number of benzene rings is 2. The molecule has 3 aromatic rings. The molecule has 1 N–H and O–H groups in total. The number of rotatable bonds is 4. The number of para-hydroxylation sites is 1. The zero-order valence-corrected chi connectivity index (χ0v) is 11.9. The van der Waals surface area contributed by atoms with Crippen LogP contribution in [0.25, 0.3) is 10.9 Å². The predicted octanol–water partition coefficient (Wildman–Crippen LogP) is 3.66. The summed E-state index contributed by atoms with van der Waals surface area (Å²) in [5.74, 6) is -0.859. The molecular weight excluding hydrogens is 262 g/mol. The number of aryl methyl sites for hydroxylation is 3. The Hall–Kier alpha value is -2.55. The van der Waals surface area contributed by atoms with Gasteiger partial charge in [-0.05, 0) is 42.0 Å². The molecule has 0 atom stereocenters. The lowest BCUT2D eigenvalue weighted by Gasteiger charge is -2.07. The Morgan fingerprint density at radius 1 is 1.05 bits per heavy atom. The maximum atomic E-state index is 11.2. The maximum Gasteiger partial charge on any atom is 0.335 e. The number of fused-ring (bicyclic) bond motifs is 1. The first-order valence-electron chi connectivity index (χ1n) is 7.01. The highest BCUT2D eigenvalue weighted by Crippen LogP contribution is 2.20. The van der Waals surface area contributed by atoms with Gasteiger partial charge in [0.05, 0.1) is 5.56 Å². The molecule has 0 saturated heterocycles. The van der Waals surface area contributed by atoms with Crippen LogP contribution in [-0.2, 0) is 19.9 Å². The molecular formula is C18H17NO2. The molecule has 2 aromatic carbocycles. The summed E-state index contributed by atoms with van der Waals surface area (Å²) in [5.41, 5.74) is 3.71. The van der Waals surface area contributed by atoms with Gasteiger partial charge >= 0.3 is 5.97 Å². The first kappa shape index (κ1) is 13.4. The Kier molecular flexibility index (Phi) is 3.48. The number of aromatic carboxylic acids is 1. The molecule has 106 valence electrons. The average Bonchev–Trinajstić information content (AvgIpc) is 2.82. The molecule has 1 aromatic heterocycles. The fourth-order valence-corrected chi connectivity index (χ4v) is 2.80. The van der Waals surface area contributed by atoms with E-state index in [9.17, 15) is 9.90 Å². The van der Waals surface area contributed by atoms with E-state index in [1.807, 2.05) is 24.3 Å². The maximum absolute atomic E-state index is 11.2. The van der Waals surface area contributed by atoms with Crippen molar-refractivity contribution in [1.29, 1.82) is 0 Å². The van der Waals surface area contributed by atoms with E-state index in [-0.39, 0.29) is 0 Å². The molecule has 3 heteroatoms. The van der Waals surface area contributed by atoms with Crippen LogP contribution in [0.4, 0.5) is 0 Å². The number of hydrogen-bond acceptors (Lipinski definition) is 1. The van der Waals surface area contributed by atoms with Crippen LogP contribution in [0.2, 0.25) is 0 Å². The quantitative estimate of drug-likeness (QED) is 0.792. The van der Waals surface area contributed by atoms with E-state index >= 15 is 0 Å². The van der Waals surface area contributed by atoms with Crippen LogP contribution in [-0.4, -0.2) is 15.6 Å². The lowest BCUT2D eigenvalue weighted by molar-refractivity contribution is 0.0695. The van der Waals surface area contributed by atoms with Crippen LogP contribution < -0.4 is 0 Å². The Bertz CT molecular complexity index is 802. The van der Waals surface area contributed by atoms with E-state index in [1.165, 1.54) is 16.6 Å². The average molecular weight is 279 g/mol. The third-order valence-electron chi connectivity index (χ3n) is 3.95. The molecule has 0 bridgehead atoms. The number of nitrogens with zero attached hydrogens (tertiary/aromatic N) is 1. The van der Waals surface area contributed by atoms with Gasteiger partial charge in [0, 0.05) is 18.3 Å². The number of aromatic nitrogens is 1. The highest BCUT2D eigenvalue weighted by atomic mass is 16.4. The summed E-state index contributed by atoms with van der Waals surface area (Å²) >= 11 is 0. The molecule has 3 rings (SSSR count). The monoisotopic (exact) mass is 279 g/mol. The minimum atomic E-state index is -0.859. The minimum absolute atomic E-state index is 0.399. The molecule has 3 nitrogen and oxygen atoms in total. The molecule has 0 aliphatic rings. The molecule has 0 aliphatic heterocycles. The Labute approximate surface area is 123 Å². The van der Waals surface area contributed by atoms with Crippen LogP contribution >= 0.6 is 0 Å². The fourth-order valence-electron chi connectivity index (χ4n) is 2.80. The summed E-state index contributed by atoms with van der Waals surface area (Å²) < 4.78 is 2.18. The number of carboxylic acid groups (broad SMARTS) is 1. The highest BCUT2D eigenvalue weighted by Gasteiger charge is 2.10. The van der Waals surface area contributed by atoms with Crippen molar-refractivity contribution < 1.29 is 9.90 Å². The molecule has 0 aliphatic carbocycles. The van der Waals surface area contributed by atoms with Crippen molar-refractivity contribution in [3.05, 3.63) is 71.4 Å². The number of hydrogen-bond donors (Lipinski definition) is 1. The minimum Gasteiger partial charge on any atom is -0.478 e. The topological polar surface area (TPSA) is 42.2 Å². The normalized spacial score (nSPS) is 10.9. The summed E-state index contributed by atoms with van der Waals surface area (Å²) in [6.45, 7) is 0. The van der Waals surface area contributed by atoms with E-state index in [4.69, 9.17) is 0 Å². The third kappa shape index (κ3) is 2.55. The molecule has 0 fully saturated rings. The molecule has 0 amide bonds. The van der Waals surface area contributed by atoms with E-state index in [1.54, 1.807) is 12.1 Å². The zero-order chi connectivity index (χ0) is 14.8. The van der Waals surface area contributed by atoms with Gasteiger partial charge in [0.25, 0.3) is 0 Å². The zero-order valence-electron chi connectivity index (χ0n) is 11.9.